The number of aromatic amines is 1. The second-order valence-electron chi connectivity index (χ2n) is 6.42. The van der Waals surface area contributed by atoms with Gasteiger partial charge in [0, 0.05) is 37.1 Å². The molecule has 0 saturated heterocycles. The summed E-state index contributed by atoms with van der Waals surface area (Å²) in [7, 11) is 3.15. The first-order valence-electron chi connectivity index (χ1n) is 8.75. The highest BCUT2D eigenvalue weighted by Gasteiger charge is 2.21. The Bertz CT molecular complexity index is 1080. The lowest BCUT2D eigenvalue weighted by atomic mass is 10.0. The molecule has 3 aromatic rings. The van der Waals surface area contributed by atoms with Gasteiger partial charge in [0.2, 0.25) is 0 Å². The lowest BCUT2D eigenvalue weighted by Gasteiger charge is -2.13. The van der Waals surface area contributed by atoms with Crippen LogP contribution in [0.15, 0.2) is 24.5 Å². The Kier molecular flexibility index (Phi) is 6.09. The summed E-state index contributed by atoms with van der Waals surface area (Å²) in [5, 5.41) is 14.3. The fourth-order valence-electron chi connectivity index (χ4n) is 2.93. The van der Waals surface area contributed by atoms with Crippen LogP contribution in [-0.2, 0) is 4.74 Å². The lowest BCUT2D eigenvalue weighted by Crippen LogP contribution is -2.35. The van der Waals surface area contributed by atoms with Crippen LogP contribution in [0, 0.1) is 11.2 Å². The molecule has 0 unspecified atom stereocenters. The van der Waals surface area contributed by atoms with Gasteiger partial charge in [0.25, 0.3) is 5.91 Å². The van der Waals surface area contributed by atoms with Gasteiger partial charge < -0.3 is 20.4 Å². The summed E-state index contributed by atoms with van der Waals surface area (Å²) in [5.41, 5.74) is 1.25. The van der Waals surface area contributed by atoms with Crippen LogP contribution in [0.3, 0.4) is 0 Å². The number of H-pyrrole nitrogens is 1. The van der Waals surface area contributed by atoms with Gasteiger partial charge in [-0.15, -0.1) is 0 Å². The van der Waals surface area contributed by atoms with E-state index in [0.717, 1.165) is 6.07 Å². The minimum atomic E-state index is -0.658. The van der Waals surface area contributed by atoms with Gasteiger partial charge in [-0.2, -0.15) is 0 Å². The number of benzene rings is 1. The molecule has 0 fully saturated rings. The summed E-state index contributed by atoms with van der Waals surface area (Å²) in [4.78, 5) is 24.0. The zero-order chi connectivity index (χ0) is 21.1. The monoisotopic (exact) mass is 418 g/mol. The van der Waals surface area contributed by atoms with E-state index in [4.69, 9.17) is 21.7 Å². The summed E-state index contributed by atoms with van der Waals surface area (Å²) in [6.45, 7) is 2.17. The molecular weight excluding hydrogens is 399 g/mol. The van der Waals surface area contributed by atoms with Crippen molar-refractivity contribution in [2.24, 2.45) is 0 Å². The number of ether oxygens (including phenoxy) is 1. The molecule has 0 radical (unpaired) electrons. The van der Waals surface area contributed by atoms with E-state index >= 15 is 0 Å². The fourth-order valence-corrected chi connectivity index (χ4v) is 3.14. The third kappa shape index (κ3) is 4.20. The first-order valence-corrected chi connectivity index (χ1v) is 9.13. The molecule has 0 aliphatic carbocycles. The van der Waals surface area contributed by atoms with Crippen molar-refractivity contribution in [3.63, 3.8) is 0 Å². The van der Waals surface area contributed by atoms with Crippen LogP contribution >= 0.6 is 11.6 Å². The molecule has 2 heterocycles. The van der Waals surface area contributed by atoms with Gasteiger partial charge in [-0.05, 0) is 19.1 Å². The SMILES string of the molecule is CNc1cc(Cl)cc(F)c1C(=N)c1cnc2[nH]cc(C(=O)N[C@@H](C)COC)c2n1. The van der Waals surface area contributed by atoms with Crippen molar-refractivity contribution >= 4 is 40.1 Å². The smallest absolute Gasteiger partial charge is 0.255 e. The Labute approximate surface area is 171 Å². The highest BCUT2D eigenvalue weighted by atomic mass is 35.5. The van der Waals surface area contributed by atoms with Crippen LogP contribution in [0.4, 0.5) is 10.1 Å². The standard InChI is InChI=1S/C19H20ClFN6O2/c1-9(8-29-3)26-19(28)11-6-24-18-17(11)27-14(7-25-18)16(22)15-12(21)4-10(20)5-13(15)23-2/h4-7,9,22-23H,8H2,1-3H3,(H,24,25)(H,26,28)/t9-/m0/s1. The van der Waals surface area contributed by atoms with E-state index in [2.05, 4.69) is 25.6 Å². The number of halogens is 2. The summed E-state index contributed by atoms with van der Waals surface area (Å²) in [6, 6.07) is 2.45. The summed E-state index contributed by atoms with van der Waals surface area (Å²) < 4.78 is 19.5. The van der Waals surface area contributed by atoms with E-state index in [1.54, 1.807) is 14.2 Å². The molecule has 1 atom stereocenters. The molecule has 2 aromatic heterocycles. The number of amides is 1. The molecule has 0 bridgehead atoms. The van der Waals surface area contributed by atoms with Gasteiger partial charge in [-0.1, -0.05) is 11.6 Å². The summed E-state index contributed by atoms with van der Waals surface area (Å²) >= 11 is 5.90. The second kappa shape index (κ2) is 8.54. The molecule has 0 aliphatic rings. The van der Waals surface area contributed by atoms with E-state index < -0.39 is 5.82 Å². The normalized spacial score (nSPS) is 12.0. The average Bonchev–Trinajstić information content (AvgIpc) is 3.10. The maximum atomic E-state index is 14.5. The number of rotatable bonds is 7. The number of aromatic nitrogens is 3. The number of nitrogens with one attached hydrogen (secondary N) is 4. The Morgan fingerprint density at radius 2 is 2.21 bits per heavy atom. The molecule has 4 N–H and O–H groups in total. The summed E-state index contributed by atoms with van der Waals surface area (Å²) in [5.74, 6) is -1.01. The van der Waals surface area contributed by atoms with E-state index in [-0.39, 0.29) is 45.0 Å². The Morgan fingerprint density at radius 3 is 2.90 bits per heavy atom. The van der Waals surface area contributed by atoms with Crippen LogP contribution in [0.1, 0.15) is 28.5 Å². The highest BCUT2D eigenvalue weighted by Crippen LogP contribution is 2.26. The van der Waals surface area contributed by atoms with Gasteiger partial charge in [-0.3, -0.25) is 10.2 Å². The molecule has 8 nitrogen and oxygen atoms in total. The first kappa shape index (κ1) is 20.7. The van der Waals surface area contributed by atoms with Gasteiger partial charge >= 0.3 is 0 Å². The number of nitrogens with zero attached hydrogens (tertiary/aromatic N) is 2. The van der Waals surface area contributed by atoms with E-state index in [0.29, 0.717) is 17.9 Å². The minimum absolute atomic E-state index is 0.0146. The fraction of sp³-hybridized carbons (Fsp3) is 0.263. The predicted molar refractivity (Wildman–Crippen MR) is 110 cm³/mol. The number of carbonyl (C=O) groups excluding carboxylic acids is 1. The quantitative estimate of drug-likeness (QED) is 0.440. The zero-order valence-electron chi connectivity index (χ0n) is 16.1. The Hall–Kier alpha value is -3.04. The molecule has 152 valence electrons. The number of fused-ring (bicyclic) bond motifs is 1. The molecular formula is C19H20ClFN6O2. The van der Waals surface area contributed by atoms with E-state index in [1.807, 2.05) is 6.92 Å². The Balaban J connectivity index is 2.00. The number of hydrogen-bond donors (Lipinski definition) is 4. The van der Waals surface area contributed by atoms with Gasteiger partial charge in [0.15, 0.2) is 5.65 Å². The van der Waals surface area contributed by atoms with E-state index in [9.17, 15) is 9.18 Å². The molecule has 1 aromatic carbocycles. The first-order chi connectivity index (χ1) is 13.8. The van der Waals surface area contributed by atoms with Crippen molar-refractivity contribution in [1.82, 2.24) is 20.3 Å². The zero-order valence-corrected chi connectivity index (χ0v) is 16.8. The number of methoxy groups -OCH3 is 1. The Morgan fingerprint density at radius 1 is 1.45 bits per heavy atom. The van der Waals surface area contributed by atoms with Crippen molar-refractivity contribution in [2.45, 2.75) is 13.0 Å². The van der Waals surface area contributed by atoms with Crippen molar-refractivity contribution in [3.8, 4) is 0 Å². The van der Waals surface area contributed by atoms with Gasteiger partial charge in [0.1, 0.15) is 17.0 Å². The topological polar surface area (TPSA) is 116 Å². The van der Waals surface area contributed by atoms with Gasteiger partial charge in [-0.25, -0.2) is 14.4 Å². The van der Waals surface area contributed by atoms with Crippen molar-refractivity contribution in [2.75, 3.05) is 26.1 Å². The molecule has 1 amide bonds. The third-order valence-electron chi connectivity index (χ3n) is 4.25. The van der Waals surface area contributed by atoms with Crippen LogP contribution < -0.4 is 10.6 Å². The minimum Gasteiger partial charge on any atom is -0.387 e. The highest BCUT2D eigenvalue weighted by molar-refractivity contribution is 6.31. The number of carbonyl (C=O) groups is 1. The van der Waals surface area contributed by atoms with Crippen LogP contribution in [0.2, 0.25) is 5.02 Å². The van der Waals surface area contributed by atoms with Crippen LogP contribution in [0.5, 0.6) is 0 Å². The van der Waals surface area contributed by atoms with Gasteiger partial charge in [0.05, 0.1) is 29.6 Å². The van der Waals surface area contributed by atoms with Crippen molar-refractivity contribution in [1.29, 1.82) is 5.41 Å². The molecule has 10 heteroatoms. The average molecular weight is 419 g/mol. The molecule has 3 rings (SSSR count). The van der Waals surface area contributed by atoms with E-state index in [1.165, 1.54) is 18.5 Å². The van der Waals surface area contributed by atoms with Crippen molar-refractivity contribution < 1.29 is 13.9 Å². The molecule has 29 heavy (non-hydrogen) atoms. The molecule has 0 spiro atoms. The number of hydrogen-bond acceptors (Lipinski definition) is 6. The number of anilines is 1. The van der Waals surface area contributed by atoms with Crippen LogP contribution in [0.25, 0.3) is 11.2 Å². The molecule has 0 saturated carbocycles. The van der Waals surface area contributed by atoms with Crippen molar-refractivity contribution in [3.05, 3.63) is 52.2 Å². The molecule has 0 aliphatic heterocycles. The maximum Gasteiger partial charge on any atom is 0.255 e. The lowest BCUT2D eigenvalue weighted by molar-refractivity contribution is 0.0907. The largest absolute Gasteiger partial charge is 0.387 e. The maximum absolute atomic E-state index is 14.5. The van der Waals surface area contributed by atoms with Crippen LogP contribution in [-0.4, -0.2) is 53.4 Å². The summed E-state index contributed by atoms with van der Waals surface area (Å²) in [6.07, 6.45) is 2.85. The second-order valence-corrected chi connectivity index (χ2v) is 6.86. The predicted octanol–water partition coefficient (Wildman–Crippen LogP) is 2.97. The third-order valence-corrected chi connectivity index (χ3v) is 4.47.